The van der Waals surface area contributed by atoms with Gasteiger partial charge < -0.3 is 14.1 Å². The van der Waals surface area contributed by atoms with E-state index in [1.807, 2.05) is 36.4 Å². The number of rotatable bonds is 4. The van der Waals surface area contributed by atoms with Gasteiger partial charge in [-0.1, -0.05) is 35.1 Å². The third-order valence-electron chi connectivity index (χ3n) is 3.92. The SMILES string of the molecule is Clc1ccc(Cc2nnc(N3CCOC(c4ccco4)C3)s2)cc1. The Morgan fingerprint density at radius 2 is 2.08 bits per heavy atom. The van der Waals surface area contributed by atoms with Crippen LogP contribution in [-0.4, -0.2) is 29.9 Å². The van der Waals surface area contributed by atoms with Gasteiger partial charge in [0.2, 0.25) is 5.13 Å². The number of aromatic nitrogens is 2. The van der Waals surface area contributed by atoms with E-state index >= 15 is 0 Å². The molecule has 1 unspecified atom stereocenters. The number of morpholine rings is 1. The van der Waals surface area contributed by atoms with E-state index in [0.717, 1.165) is 40.4 Å². The van der Waals surface area contributed by atoms with Crippen molar-refractivity contribution in [2.75, 3.05) is 24.6 Å². The molecule has 1 aliphatic rings. The van der Waals surface area contributed by atoms with Crippen LogP contribution in [0, 0.1) is 0 Å². The molecular weight excluding hydrogens is 346 g/mol. The second-order valence-electron chi connectivity index (χ2n) is 5.60. The Balaban J connectivity index is 1.45. The molecule has 1 saturated heterocycles. The number of hydrogen-bond acceptors (Lipinski definition) is 6. The van der Waals surface area contributed by atoms with E-state index in [-0.39, 0.29) is 6.10 Å². The zero-order valence-corrected chi connectivity index (χ0v) is 14.5. The molecule has 0 N–H and O–H groups in total. The molecule has 1 atom stereocenters. The second kappa shape index (κ2) is 6.93. The third-order valence-corrected chi connectivity index (χ3v) is 5.16. The Hall–Kier alpha value is -1.89. The van der Waals surface area contributed by atoms with Gasteiger partial charge >= 0.3 is 0 Å². The van der Waals surface area contributed by atoms with Gasteiger partial charge in [-0.3, -0.25) is 0 Å². The lowest BCUT2D eigenvalue weighted by atomic mass is 10.2. The van der Waals surface area contributed by atoms with Crippen LogP contribution in [0.2, 0.25) is 5.02 Å². The number of ether oxygens (including phenoxy) is 1. The fourth-order valence-electron chi connectivity index (χ4n) is 2.69. The van der Waals surface area contributed by atoms with E-state index in [9.17, 15) is 0 Å². The molecule has 3 aromatic rings. The summed E-state index contributed by atoms with van der Waals surface area (Å²) in [5, 5.41) is 11.3. The molecule has 0 spiro atoms. The van der Waals surface area contributed by atoms with E-state index in [0.29, 0.717) is 6.61 Å². The fraction of sp³-hybridized carbons (Fsp3) is 0.294. The summed E-state index contributed by atoms with van der Waals surface area (Å²) < 4.78 is 11.3. The van der Waals surface area contributed by atoms with Gasteiger partial charge in [0.1, 0.15) is 16.9 Å². The molecule has 3 heterocycles. The van der Waals surface area contributed by atoms with Gasteiger partial charge in [0.05, 0.1) is 19.4 Å². The standard InChI is InChI=1S/C17H16ClN3O2S/c18-13-5-3-12(4-6-13)10-16-19-20-17(24-16)21-7-9-23-15(11-21)14-2-1-8-22-14/h1-6,8,15H,7,9-11H2. The van der Waals surface area contributed by atoms with E-state index in [2.05, 4.69) is 15.1 Å². The Morgan fingerprint density at radius 3 is 2.88 bits per heavy atom. The summed E-state index contributed by atoms with van der Waals surface area (Å²) in [5.74, 6) is 0.852. The van der Waals surface area contributed by atoms with Crippen LogP contribution in [0.5, 0.6) is 0 Å². The van der Waals surface area contributed by atoms with Crippen LogP contribution in [0.4, 0.5) is 5.13 Å². The van der Waals surface area contributed by atoms with E-state index < -0.39 is 0 Å². The van der Waals surface area contributed by atoms with E-state index in [1.54, 1.807) is 17.6 Å². The quantitative estimate of drug-likeness (QED) is 0.704. The molecule has 1 aliphatic heterocycles. The van der Waals surface area contributed by atoms with Gasteiger partial charge in [0.15, 0.2) is 0 Å². The highest BCUT2D eigenvalue weighted by atomic mass is 35.5. The highest BCUT2D eigenvalue weighted by Crippen LogP contribution is 2.29. The van der Waals surface area contributed by atoms with Crippen molar-refractivity contribution in [3.05, 3.63) is 64.0 Å². The molecule has 0 radical (unpaired) electrons. The first-order chi connectivity index (χ1) is 11.8. The van der Waals surface area contributed by atoms with Crippen molar-refractivity contribution >= 4 is 28.1 Å². The zero-order valence-electron chi connectivity index (χ0n) is 12.9. The fourth-order valence-corrected chi connectivity index (χ4v) is 3.72. The highest BCUT2D eigenvalue weighted by Gasteiger charge is 2.26. The minimum atomic E-state index is -0.0580. The summed E-state index contributed by atoms with van der Waals surface area (Å²) in [4.78, 5) is 2.21. The van der Waals surface area contributed by atoms with Gasteiger partial charge in [0, 0.05) is 18.0 Å². The third kappa shape index (κ3) is 3.45. The molecule has 5 nitrogen and oxygen atoms in total. The average molecular weight is 362 g/mol. The molecule has 0 saturated carbocycles. The number of furan rings is 1. The maximum Gasteiger partial charge on any atom is 0.208 e. The lowest BCUT2D eigenvalue weighted by molar-refractivity contribution is 0.0257. The van der Waals surface area contributed by atoms with Crippen LogP contribution in [0.15, 0.2) is 47.1 Å². The van der Waals surface area contributed by atoms with E-state index in [4.69, 9.17) is 20.8 Å². The first kappa shape index (κ1) is 15.6. The average Bonchev–Trinajstić information content (AvgIpc) is 3.29. The summed E-state index contributed by atoms with van der Waals surface area (Å²) in [7, 11) is 0. The van der Waals surface area contributed by atoms with Crippen LogP contribution in [0.25, 0.3) is 0 Å². The predicted octanol–water partition coefficient (Wildman–Crippen LogP) is 3.95. The molecule has 124 valence electrons. The minimum absolute atomic E-state index is 0.0580. The molecule has 1 aromatic carbocycles. The summed E-state index contributed by atoms with van der Waals surface area (Å²) in [6, 6.07) is 11.7. The van der Waals surface area contributed by atoms with Gasteiger partial charge in [-0.15, -0.1) is 10.2 Å². The molecular formula is C17H16ClN3O2S. The number of hydrogen-bond donors (Lipinski definition) is 0. The van der Waals surface area contributed by atoms with Crippen molar-refractivity contribution < 1.29 is 9.15 Å². The monoisotopic (exact) mass is 361 g/mol. The first-order valence-corrected chi connectivity index (χ1v) is 8.94. The maximum absolute atomic E-state index is 5.92. The van der Waals surface area contributed by atoms with Crippen LogP contribution < -0.4 is 4.90 Å². The predicted molar refractivity (Wildman–Crippen MR) is 93.8 cm³/mol. The molecule has 0 bridgehead atoms. The molecule has 4 rings (SSSR count). The number of nitrogens with zero attached hydrogens (tertiary/aromatic N) is 3. The van der Waals surface area contributed by atoms with E-state index in [1.165, 1.54) is 5.56 Å². The van der Waals surface area contributed by atoms with Crippen molar-refractivity contribution in [3.63, 3.8) is 0 Å². The summed E-state index contributed by atoms with van der Waals surface area (Å²) in [6.07, 6.45) is 2.38. The second-order valence-corrected chi connectivity index (χ2v) is 7.08. The molecule has 7 heteroatoms. The molecule has 0 aliphatic carbocycles. The largest absolute Gasteiger partial charge is 0.467 e. The maximum atomic E-state index is 5.92. The smallest absolute Gasteiger partial charge is 0.208 e. The Morgan fingerprint density at radius 1 is 1.21 bits per heavy atom. The normalized spacial score (nSPS) is 18.0. The first-order valence-electron chi connectivity index (χ1n) is 7.75. The Labute approximate surface area is 148 Å². The van der Waals surface area contributed by atoms with Crippen LogP contribution in [0.3, 0.4) is 0 Å². The van der Waals surface area contributed by atoms with Gasteiger partial charge in [-0.25, -0.2) is 0 Å². The number of halogens is 1. The molecule has 24 heavy (non-hydrogen) atoms. The van der Waals surface area contributed by atoms with Crippen molar-refractivity contribution in [1.29, 1.82) is 0 Å². The molecule has 1 fully saturated rings. The number of benzene rings is 1. The van der Waals surface area contributed by atoms with Gasteiger partial charge in [-0.05, 0) is 29.8 Å². The zero-order chi connectivity index (χ0) is 16.4. The van der Waals surface area contributed by atoms with Crippen LogP contribution in [-0.2, 0) is 11.2 Å². The lowest BCUT2D eigenvalue weighted by Gasteiger charge is -2.31. The van der Waals surface area contributed by atoms with Crippen LogP contribution >= 0.6 is 22.9 Å². The minimum Gasteiger partial charge on any atom is -0.467 e. The number of anilines is 1. The van der Waals surface area contributed by atoms with Crippen molar-refractivity contribution in [2.24, 2.45) is 0 Å². The van der Waals surface area contributed by atoms with Gasteiger partial charge in [-0.2, -0.15) is 0 Å². The topological polar surface area (TPSA) is 51.4 Å². The highest BCUT2D eigenvalue weighted by molar-refractivity contribution is 7.15. The summed E-state index contributed by atoms with van der Waals surface area (Å²) in [5.41, 5.74) is 1.18. The van der Waals surface area contributed by atoms with Crippen molar-refractivity contribution in [3.8, 4) is 0 Å². The lowest BCUT2D eigenvalue weighted by Crippen LogP contribution is -2.38. The Kier molecular flexibility index (Phi) is 4.51. The van der Waals surface area contributed by atoms with Gasteiger partial charge in [0.25, 0.3) is 0 Å². The summed E-state index contributed by atoms with van der Waals surface area (Å²) in [6.45, 7) is 2.19. The van der Waals surface area contributed by atoms with Crippen LogP contribution in [0.1, 0.15) is 22.4 Å². The molecule has 0 amide bonds. The van der Waals surface area contributed by atoms with Crippen molar-refractivity contribution in [1.82, 2.24) is 10.2 Å². The Bertz CT molecular complexity index is 789. The molecule has 2 aromatic heterocycles. The van der Waals surface area contributed by atoms with Crippen molar-refractivity contribution in [2.45, 2.75) is 12.5 Å². The summed E-state index contributed by atoms with van der Waals surface area (Å²) >= 11 is 7.55.